The van der Waals surface area contributed by atoms with E-state index in [1.54, 1.807) is 11.0 Å². The summed E-state index contributed by atoms with van der Waals surface area (Å²) < 4.78 is 0. The molecule has 0 fully saturated rings. The fraction of sp³-hybridized carbons (Fsp3) is 0.364. The molecule has 0 spiro atoms. The number of rotatable bonds is 3. The van der Waals surface area contributed by atoms with E-state index in [0.717, 1.165) is 16.8 Å². The maximum atomic E-state index is 13.1. The molecule has 1 N–H and O–H groups in total. The van der Waals surface area contributed by atoms with E-state index in [2.05, 4.69) is 33.4 Å². The minimum atomic E-state index is -0.397. The van der Waals surface area contributed by atoms with Crippen LogP contribution in [0.25, 0.3) is 0 Å². The van der Waals surface area contributed by atoms with Crippen molar-refractivity contribution < 1.29 is 9.59 Å². The van der Waals surface area contributed by atoms with Gasteiger partial charge in [0, 0.05) is 22.2 Å². The standard InChI is InChI=1S/C22H24BrClN2O2/c1-22(2,3)25-20(27)13-26-19-10-9-15(24)11-17(19)16(12-18(23)21(26)28)14-7-5-4-6-8-14/h4-11,16,18H,12-13H2,1-3H3,(H,25,27). The third kappa shape index (κ3) is 4.76. The number of benzene rings is 2. The first kappa shape index (κ1) is 20.9. The Morgan fingerprint density at radius 2 is 1.89 bits per heavy atom. The van der Waals surface area contributed by atoms with Gasteiger partial charge in [-0.15, -0.1) is 0 Å². The van der Waals surface area contributed by atoms with Crippen molar-refractivity contribution in [2.45, 2.75) is 43.5 Å². The van der Waals surface area contributed by atoms with E-state index < -0.39 is 4.83 Å². The van der Waals surface area contributed by atoms with Gasteiger partial charge >= 0.3 is 0 Å². The van der Waals surface area contributed by atoms with Gasteiger partial charge in [-0.05, 0) is 56.5 Å². The minimum absolute atomic E-state index is 0.00102. The van der Waals surface area contributed by atoms with Gasteiger partial charge in [0.15, 0.2) is 0 Å². The molecule has 3 rings (SSSR count). The largest absolute Gasteiger partial charge is 0.350 e. The maximum Gasteiger partial charge on any atom is 0.241 e. The molecule has 2 aromatic carbocycles. The second-order valence-electron chi connectivity index (χ2n) is 8.09. The van der Waals surface area contributed by atoms with E-state index >= 15 is 0 Å². The van der Waals surface area contributed by atoms with E-state index in [1.807, 2.05) is 51.1 Å². The Kier molecular flexibility index (Phi) is 6.15. The Morgan fingerprint density at radius 1 is 1.21 bits per heavy atom. The molecule has 0 aliphatic carbocycles. The van der Waals surface area contributed by atoms with Crippen LogP contribution >= 0.6 is 27.5 Å². The average molecular weight is 464 g/mol. The summed E-state index contributed by atoms with van der Waals surface area (Å²) >= 11 is 9.86. The number of halogens is 2. The van der Waals surface area contributed by atoms with Crippen LogP contribution in [-0.2, 0) is 9.59 Å². The van der Waals surface area contributed by atoms with Gasteiger partial charge in [0.05, 0.1) is 4.83 Å². The van der Waals surface area contributed by atoms with Crippen LogP contribution < -0.4 is 10.2 Å². The highest BCUT2D eigenvalue weighted by Crippen LogP contribution is 2.41. The molecule has 2 amide bonds. The molecule has 6 heteroatoms. The number of hydrogen-bond acceptors (Lipinski definition) is 2. The van der Waals surface area contributed by atoms with Crippen LogP contribution in [0, 0.1) is 0 Å². The molecule has 1 aliphatic heterocycles. The molecule has 0 saturated heterocycles. The number of amides is 2. The minimum Gasteiger partial charge on any atom is -0.350 e. The van der Waals surface area contributed by atoms with Gasteiger partial charge in [-0.2, -0.15) is 0 Å². The Balaban J connectivity index is 2.05. The van der Waals surface area contributed by atoms with Gasteiger partial charge in [-0.1, -0.05) is 57.9 Å². The van der Waals surface area contributed by atoms with Crippen molar-refractivity contribution in [2.24, 2.45) is 0 Å². The highest BCUT2D eigenvalue weighted by Gasteiger charge is 2.35. The smallest absolute Gasteiger partial charge is 0.241 e. The first-order valence-electron chi connectivity index (χ1n) is 9.26. The van der Waals surface area contributed by atoms with Crippen LogP contribution in [-0.4, -0.2) is 28.7 Å². The van der Waals surface area contributed by atoms with Gasteiger partial charge < -0.3 is 10.2 Å². The lowest BCUT2D eigenvalue weighted by Crippen LogP contribution is -2.48. The molecule has 2 atom stereocenters. The second kappa shape index (κ2) is 8.26. The number of fused-ring (bicyclic) bond motifs is 1. The molecule has 2 aromatic rings. The molecule has 148 valence electrons. The van der Waals surface area contributed by atoms with Gasteiger partial charge in [0.1, 0.15) is 6.54 Å². The molecule has 28 heavy (non-hydrogen) atoms. The summed E-state index contributed by atoms with van der Waals surface area (Å²) in [5.74, 6) is -0.315. The molecular weight excluding hydrogens is 440 g/mol. The number of nitrogens with one attached hydrogen (secondary N) is 1. The molecule has 0 saturated carbocycles. The lowest BCUT2D eigenvalue weighted by atomic mass is 9.87. The maximum absolute atomic E-state index is 13.1. The van der Waals surface area contributed by atoms with Crippen molar-refractivity contribution in [3.63, 3.8) is 0 Å². The second-order valence-corrected chi connectivity index (χ2v) is 9.63. The fourth-order valence-electron chi connectivity index (χ4n) is 3.54. The van der Waals surface area contributed by atoms with E-state index in [0.29, 0.717) is 11.4 Å². The number of anilines is 1. The lowest BCUT2D eigenvalue weighted by molar-refractivity contribution is -0.124. The Morgan fingerprint density at radius 3 is 2.54 bits per heavy atom. The van der Waals surface area contributed by atoms with Crippen LogP contribution in [0.1, 0.15) is 44.2 Å². The SMILES string of the molecule is CC(C)(C)NC(=O)CN1C(=O)C(Br)CC(c2ccccc2)c2cc(Cl)ccc21. The molecule has 4 nitrogen and oxygen atoms in total. The van der Waals surface area contributed by atoms with Crippen molar-refractivity contribution in [2.75, 3.05) is 11.4 Å². The van der Waals surface area contributed by atoms with Crippen LogP contribution in [0.2, 0.25) is 5.02 Å². The summed E-state index contributed by atoms with van der Waals surface area (Å²) in [6.45, 7) is 5.72. The predicted molar refractivity (Wildman–Crippen MR) is 117 cm³/mol. The fourth-order valence-corrected chi connectivity index (χ4v) is 4.34. The number of hydrogen-bond donors (Lipinski definition) is 1. The van der Waals surface area contributed by atoms with Gasteiger partial charge in [0.2, 0.25) is 11.8 Å². The van der Waals surface area contributed by atoms with Crippen molar-refractivity contribution >= 4 is 45.0 Å². The predicted octanol–water partition coefficient (Wildman–Crippen LogP) is 4.89. The molecule has 2 unspecified atom stereocenters. The Hall–Kier alpha value is -1.85. The van der Waals surface area contributed by atoms with E-state index in [1.165, 1.54) is 0 Å². The number of alkyl halides is 1. The van der Waals surface area contributed by atoms with Crippen LogP contribution in [0.15, 0.2) is 48.5 Å². The molecular formula is C22H24BrClN2O2. The van der Waals surface area contributed by atoms with Crippen LogP contribution in [0.3, 0.4) is 0 Å². The van der Waals surface area contributed by atoms with Crippen molar-refractivity contribution in [3.8, 4) is 0 Å². The first-order valence-corrected chi connectivity index (χ1v) is 10.6. The van der Waals surface area contributed by atoms with Crippen molar-refractivity contribution in [3.05, 3.63) is 64.7 Å². The Bertz CT molecular complexity index is 880. The normalized spacial score (nSPS) is 19.8. The topological polar surface area (TPSA) is 49.4 Å². The van der Waals surface area contributed by atoms with E-state index in [4.69, 9.17) is 11.6 Å². The van der Waals surface area contributed by atoms with Gasteiger partial charge in [-0.25, -0.2) is 0 Å². The molecule has 0 aromatic heterocycles. The van der Waals surface area contributed by atoms with Crippen LogP contribution in [0.4, 0.5) is 5.69 Å². The third-order valence-electron chi connectivity index (χ3n) is 4.65. The van der Waals surface area contributed by atoms with Crippen LogP contribution in [0.5, 0.6) is 0 Å². The molecule has 1 aliphatic rings. The van der Waals surface area contributed by atoms with Crippen molar-refractivity contribution in [1.82, 2.24) is 5.32 Å². The first-order chi connectivity index (χ1) is 13.2. The van der Waals surface area contributed by atoms with Gasteiger partial charge in [0.25, 0.3) is 0 Å². The van der Waals surface area contributed by atoms with Crippen molar-refractivity contribution in [1.29, 1.82) is 0 Å². The number of carbonyl (C=O) groups is 2. The summed E-state index contributed by atoms with van der Waals surface area (Å²) in [6, 6.07) is 15.6. The number of nitrogens with zero attached hydrogens (tertiary/aromatic N) is 1. The summed E-state index contributed by atoms with van der Waals surface area (Å²) in [5.41, 5.74) is 2.44. The quantitative estimate of drug-likeness (QED) is 0.659. The molecule has 0 radical (unpaired) electrons. The molecule has 1 heterocycles. The van der Waals surface area contributed by atoms with E-state index in [-0.39, 0.29) is 29.8 Å². The Labute approximate surface area is 179 Å². The highest BCUT2D eigenvalue weighted by atomic mass is 79.9. The zero-order valence-corrected chi connectivity index (χ0v) is 18.5. The monoisotopic (exact) mass is 462 g/mol. The lowest BCUT2D eigenvalue weighted by Gasteiger charge is -2.27. The zero-order chi connectivity index (χ0) is 20.5. The summed E-state index contributed by atoms with van der Waals surface area (Å²) in [4.78, 5) is 26.9. The summed E-state index contributed by atoms with van der Waals surface area (Å²) in [6.07, 6.45) is 0.591. The third-order valence-corrected chi connectivity index (χ3v) is 5.65. The number of carbonyl (C=O) groups excluding carboxylic acids is 2. The average Bonchev–Trinajstić information content (AvgIpc) is 2.71. The summed E-state index contributed by atoms with van der Waals surface area (Å²) in [7, 11) is 0. The van der Waals surface area contributed by atoms with E-state index in [9.17, 15) is 9.59 Å². The van der Waals surface area contributed by atoms with Gasteiger partial charge in [-0.3, -0.25) is 9.59 Å². The highest BCUT2D eigenvalue weighted by molar-refractivity contribution is 9.10. The summed E-state index contributed by atoms with van der Waals surface area (Å²) in [5, 5.41) is 3.54. The zero-order valence-electron chi connectivity index (χ0n) is 16.2. The molecule has 0 bridgehead atoms.